The third kappa shape index (κ3) is 3.85. The van der Waals surface area contributed by atoms with Crippen molar-refractivity contribution in [3.63, 3.8) is 0 Å². The summed E-state index contributed by atoms with van der Waals surface area (Å²) in [6.07, 6.45) is 0.719. The average molecular weight is 392 g/mol. The molecule has 0 radical (unpaired) electrons. The number of pyridine rings is 1. The minimum absolute atomic E-state index is 0.397. The Morgan fingerprint density at radius 3 is 2.26 bits per heavy atom. The van der Waals surface area contributed by atoms with E-state index in [1.165, 1.54) is 0 Å². The zero-order chi connectivity index (χ0) is 18.9. The number of alkyl halides is 3. The molecule has 10 heteroatoms. The van der Waals surface area contributed by atoms with Crippen molar-refractivity contribution in [2.45, 2.75) is 6.18 Å². The van der Waals surface area contributed by atoms with Gasteiger partial charge in [-0.1, -0.05) is 0 Å². The zero-order valence-electron chi connectivity index (χ0n) is 14.1. The van der Waals surface area contributed by atoms with Crippen molar-refractivity contribution in [1.29, 1.82) is 0 Å². The van der Waals surface area contributed by atoms with Crippen LogP contribution in [0, 0.1) is 0 Å². The molecule has 0 spiro atoms. The molecule has 0 atom stereocenters. The minimum Gasteiger partial charge on any atom is -0.345 e. The van der Waals surface area contributed by atoms with E-state index in [1.54, 1.807) is 18.6 Å². The Morgan fingerprint density at radius 1 is 0.889 bits per heavy atom. The highest BCUT2D eigenvalue weighted by Crippen LogP contribution is 2.33. The molecule has 1 aliphatic rings. The lowest BCUT2D eigenvalue weighted by atomic mass is 10.2. The van der Waals surface area contributed by atoms with E-state index in [1.807, 2.05) is 28.0 Å². The molecular weight excluding hydrogens is 377 g/mol. The lowest BCUT2D eigenvalue weighted by molar-refractivity contribution is -0.140. The molecule has 0 aliphatic carbocycles. The van der Waals surface area contributed by atoms with Crippen LogP contribution in [-0.4, -0.2) is 46.1 Å². The molecular formula is C17H15F3N6S. The maximum atomic E-state index is 12.7. The van der Waals surface area contributed by atoms with Crippen molar-refractivity contribution < 1.29 is 13.2 Å². The molecule has 0 amide bonds. The van der Waals surface area contributed by atoms with Crippen molar-refractivity contribution in [3.8, 4) is 11.3 Å². The van der Waals surface area contributed by atoms with E-state index in [-0.39, 0.29) is 0 Å². The highest BCUT2D eigenvalue weighted by molar-refractivity contribution is 7.13. The number of nitrogens with zero attached hydrogens (tertiary/aromatic N) is 6. The Kier molecular flexibility index (Phi) is 4.65. The lowest BCUT2D eigenvalue weighted by Crippen LogP contribution is -2.47. The molecule has 3 aromatic heterocycles. The standard InChI is InChI=1S/C17H15F3N6S/c18-17(19,20)14-11-27-16(24-14)26-9-7-25(8-10-26)15-22-6-3-13(23-15)12-1-4-21-5-2-12/h1-6,11H,7-10H2. The van der Waals surface area contributed by atoms with Gasteiger partial charge in [-0.2, -0.15) is 13.2 Å². The predicted molar refractivity (Wildman–Crippen MR) is 96.8 cm³/mol. The van der Waals surface area contributed by atoms with E-state index in [0.29, 0.717) is 37.3 Å². The molecule has 0 aromatic carbocycles. The number of anilines is 2. The molecule has 6 nitrogen and oxygen atoms in total. The molecule has 140 valence electrons. The SMILES string of the molecule is FC(F)(F)c1csc(N2CCN(c3nccc(-c4ccncc4)n3)CC2)n1. The fraction of sp³-hybridized carbons (Fsp3) is 0.294. The fourth-order valence-corrected chi connectivity index (χ4v) is 3.71. The summed E-state index contributed by atoms with van der Waals surface area (Å²) in [6.45, 7) is 2.35. The molecule has 0 N–H and O–H groups in total. The summed E-state index contributed by atoms with van der Waals surface area (Å²) in [5.74, 6) is 0.610. The topological polar surface area (TPSA) is 58.0 Å². The van der Waals surface area contributed by atoms with Crippen molar-refractivity contribution in [3.05, 3.63) is 47.9 Å². The Balaban J connectivity index is 1.44. The summed E-state index contributed by atoms with van der Waals surface area (Å²) in [7, 11) is 0. The number of piperazine rings is 1. The molecule has 1 aliphatic heterocycles. The Hall–Kier alpha value is -2.75. The van der Waals surface area contributed by atoms with E-state index >= 15 is 0 Å². The van der Waals surface area contributed by atoms with Gasteiger partial charge in [-0.05, 0) is 18.2 Å². The smallest absolute Gasteiger partial charge is 0.345 e. The second-order valence-corrected chi connectivity index (χ2v) is 6.80. The molecule has 4 heterocycles. The van der Waals surface area contributed by atoms with Gasteiger partial charge in [-0.3, -0.25) is 4.98 Å². The summed E-state index contributed by atoms with van der Waals surface area (Å²) < 4.78 is 38.2. The second kappa shape index (κ2) is 7.10. The molecule has 27 heavy (non-hydrogen) atoms. The summed E-state index contributed by atoms with van der Waals surface area (Å²) in [5.41, 5.74) is 0.924. The van der Waals surface area contributed by atoms with Crippen LogP contribution in [0.5, 0.6) is 0 Å². The first-order chi connectivity index (χ1) is 13.0. The number of hydrogen-bond acceptors (Lipinski definition) is 7. The van der Waals surface area contributed by atoms with Gasteiger partial charge in [-0.15, -0.1) is 11.3 Å². The van der Waals surface area contributed by atoms with Crippen LogP contribution in [-0.2, 0) is 6.18 Å². The Morgan fingerprint density at radius 2 is 1.59 bits per heavy atom. The maximum absolute atomic E-state index is 12.7. The highest BCUT2D eigenvalue weighted by atomic mass is 32.1. The van der Waals surface area contributed by atoms with E-state index < -0.39 is 11.9 Å². The number of halogens is 3. The largest absolute Gasteiger partial charge is 0.434 e. The lowest BCUT2D eigenvalue weighted by Gasteiger charge is -2.34. The van der Waals surface area contributed by atoms with Crippen molar-refractivity contribution >= 4 is 22.4 Å². The van der Waals surface area contributed by atoms with Crippen LogP contribution in [0.1, 0.15) is 5.69 Å². The van der Waals surface area contributed by atoms with Gasteiger partial charge in [0.15, 0.2) is 10.8 Å². The van der Waals surface area contributed by atoms with Crippen LogP contribution in [0.25, 0.3) is 11.3 Å². The molecule has 4 rings (SSSR count). The van der Waals surface area contributed by atoms with E-state index in [9.17, 15) is 13.2 Å². The van der Waals surface area contributed by atoms with Crippen molar-refractivity contribution in [2.24, 2.45) is 0 Å². The maximum Gasteiger partial charge on any atom is 0.434 e. The normalized spacial score (nSPS) is 15.2. The zero-order valence-corrected chi connectivity index (χ0v) is 14.9. The number of hydrogen-bond donors (Lipinski definition) is 0. The van der Waals surface area contributed by atoms with Crippen LogP contribution in [0.15, 0.2) is 42.2 Å². The monoisotopic (exact) mass is 392 g/mol. The Labute approximate surface area is 157 Å². The van der Waals surface area contributed by atoms with Crippen molar-refractivity contribution in [1.82, 2.24) is 19.9 Å². The van der Waals surface area contributed by atoms with Gasteiger partial charge in [0.25, 0.3) is 0 Å². The first-order valence-corrected chi connectivity index (χ1v) is 9.15. The average Bonchev–Trinajstić information content (AvgIpc) is 3.20. The van der Waals surface area contributed by atoms with Crippen molar-refractivity contribution in [2.75, 3.05) is 36.0 Å². The third-order valence-electron chi connectivity index (χ3n) is 4.23. The third-order valence-corrected chi connectivity index (χ3v) is 5.14. The first-order valence-electron chi connectivity index (χ1n) is 8.27. The van der Waals surface area contributed by atoms with Crippen LogP contribution in [0.4, 0.5) is 24.3 Å². The molecule has 0 unspecified atom stereocenters. The van der Waals surface area contributed by atoms with Gasteiger partial charge >= 0.3 is 6.18 Å². The second-order valence-electron chi connectivity index (χ2n) is 5.96. The number of rotatable bonds is 3. The molecule has 3 aromatic rings. The highest BCUT2D eigenvalue weighted by Gasteiger charge is 2.34. The summed E-state index contributed by atoms with van der Waals surface area (Å²) in [5, 5.41) is 1.46. The van der Waals surface area contributed by atoms with Gasteiger partial charge in [0, 0.05) is 55.7 Å². The summed E-state index contributed by atoms with van der Waals surface area (Å²) >= 11 is 1.02. The van der Waals surface area contributed by atoms with E-state index in [0.717, 1.165) is 28.0 Å². The van der Waals surface area contributed by atoms with Crippen LogP contribution >= 0.6 is 11.3 Å². The number of aromatic nitrogens is 4. The molecule has 1 fully saturated rings. The van der Waals surface area contributed by atoms with Gasteiger partial charge in [0.1, 0.15) is 0 Å². The van der Waals surface area contributed by atoms with Gasteiger partial charge in [-0.25, -0.2) is 15.0 Å². The Bertz CT molecular complexity index is 906. The molecule has 0 bridgehead atoms. The van der Waals surface area contributed by atoms with Gasteiger partial charge in [0.05, 0.1) is 5.69 Å². The van der Waals surface area contributed by atoms with Crippen LogP contribution in [0.3, 0.4) is 0 Å². The van der Waals surface area contributed by atoms with Crippen LogP contribution < -0.4 is 9.80 Å². The summed E-state index contributed by atoms with van der Waals surface area (Å²) in [6, 6.07) is 5.60. The summed E-state index contributed by atoms with van der Waals surface area (Å²) in [4.78, 5) is 20.6. The van der Waals surface area contributed by atoms with E-state index in [2.05, 4.69) is 19.9 Å². The molecule has 1 saturated heterocycles. The van der Waals surface area contributed by atoms with Crippen LogP contribution in [0.2, 0.25) is 0 Å². The first kappa shape index (κ1) is 17.7. The predicted octanol–water partition coefficient (Wildman–Crippen LogP) is 3.34. The van der Waals surface area contributed by atoms with Gasteiger partial charge in [0.2, 0.25) is 5.95 Å². The minimum atomic E-state index is -4.40. The van der Waals surface area contributed by atoms with Gasteiger partial charge < -0.3 is 9.80 Å². The quantitative estimate of drug-likeness (QED) is 0.682. The fourth-order valence-electron chi connectivity index (χ4n) is 2.82. The van der Waals surface area contributed by atoms with E-state index in [4.69, 9.17) is 0 Å². The molecule has 0 saturated carbocycles. The number of thiazole rings is 1.